The second-order valence-electron chi connectivity index (χ2n) is 6.27. The summed E-state index contributed by atoms with van der Waals surface area (Å²) in [5.41, 5.74) is 3.64. The minimum Gasteiger partial charge on any atom is -0.325 e. The molecular weight excluding hydrogens is 346 g/mol. The summed E-state index contributed by atoms with van der Waals surface area (Å²) in [6.07, 6.45) is 0. The molecule has 1 aromatic heterocycles. The van der Waals surface area contributed by atoms with Crippen LogP contribution in [0.15, 0.2) is 47.3 Å². The van der Waals surface area contributed by atoms with Gasteiger partial charge in [-0.05, 0) is 56.2 Å². The van der Waals surface area contributed by atoms with E-state index in [4.69, 9.17) is 0 Å². The summed E-state index contributed by atoms with van der Waals surface area (Å²) < 4.78 is 0. The molecule has 1 heterocycles. The Morgan fingerprint density at radius 1 is 1.19 bits per heavy atom. The van der Waals surface area contributed by atoms with E-state index in [0.717, 1.165) is 11.3 Å². The summed E-state index contributed by atoms with van der Waals surface area (Å²) in [7, 11) is 0. The fraction of sp³-hybridized carbons (Fsp3) is 0.250. The molecule has 0 aliphatic carbocycles. The number of hydrogen-bond acceptors (Lipinski definition) is 4. The van der Waals surface area contributed by atoms with Gasteiger partial charge in [0.1, 0.15) is 5.82 Å². The fourth-order valence-corrected chi connectivity index (χ4v) is 3.34. The molecule has 0 aliphatic rings. The van der Waals surface area contributed by atoms with Crippen molar-refractivity contribution in [2.24, 2.45) is 0 Å². The molecule has 0 spiro atoms. The van der Waals surface area contributed by atoms with Gasteiger partial charge >= 0.3 is 0 Å². The molecule has 26 heavy (non-hydrogen) atoms. The molecule has 2 aromatic carbocycles. The third-order valence-electron chi connectivity index (χ3n) is 4.27. The van der Waals surface area contributed by atoms with Crippen LogP contribution in [0, 0.1) is 13.8 Å². The zero-order valence-electron chi connectivity index (χ0n) is 15.0. The summed E-state index contributed by atoms with van der Waals surface area (Å²) >= 11 is 1.44. The Morgan fingerprint density at radius 3 is 2.73 bits per heavy atom. The quantitative estimate of drug-likeness (QED) is 0.715. The van der Waals surface area contributed by atoms with Crippen LogP contribution in [-0.2, 0) is 4.79 Å². The molecular formula is C20H21N3O2S. The van der Waals surface area contributed by atoms with Gasteiger partial charge in [-0.1, -0.05) is 18.2 Å². The number of nitrogens with zero attached hydrogens (tertiary/aromatic N) is 1. The summed E-state index contributed by atoms with van der Waals surface area (Å²) in [5, 5.41) is 3.38. The number of amides is 1. The topological polar surface area (TPSA) is 74.8 Å². The predicted molar refractivity (Wildman–Crippen MR) is 108 cm³/mol. The number of rotatable bonds is 5. The Hall–Kier alpha value is -2.60. The van der Waals surface area contributed by atoms with E-state index in [1.165, 1.54) is 17.3 Å². The van der Waals surface area contributed by atoms with E-state index < -0.39 is 0 Å². The normalized spacial score (nSPS) is 12.1. The van der Waals surface area contributed by atoms with Crippen molar-refractivity contribution in [1.82, 2.24) is 9.97 Å². The average molecular weight is 367 g/mol. The number of aromatic nitrogens is 2. The monoisotopic (exact) mass is 367 g/mol. The molecule has 0 saturated heterocycles. The van der Waals surface area contributed by atoms with E-state index in [1.807, 2.05) is 57.2 Å². The van der Waals surface area contributed by atoms with Crippen molar-refractivity contribution in [2.75, 3.05) is 11.1 Å². The van der Waals surface area contributed by atoms with Crippen LogP contribution < -0.4 is 10.9 Å². The second kappa shape index (κ2) is 7.74. The van der Waals surface area contributed by atoms with Crippen LogP contribution in [0.4, 0.5) is 5.69 Å². The first-order valence-electron chi connectivity index (χ1n) is 8.41. The largest absolute Gasteiger partial charge is 0.325 e. The summed E-state index contributed by atoms with van der Waals surface area (Å²) in [6, 6.07) is 13.1. The van der Waals surface area contributed by atoms with Gasteiger partial charge < -0.3 is 10.3 Å². The van der Waals surface area contributed by atoms with Crippen molar-refractivity contribution in [3.63, 3.8) is 0 Å². The lowest BCUT2D eigenvalue weighted by atomic mass is 10.1. The summed E-state index contributed by atoms with van der Waals surface area (Å²) in [5.74, 6) is 0.788. The predicted octanol–water partition coefficient (Wildman–Crippen LogP) is 3.97. The molecule has 1 amide bonds. The van der Waals surface area contributed by atoms with E-state index >= 15 is 0 Å². The minimum absolute atomic E-state index is 0.0757. The van der Waals surface area contributed by atoms with Gasteiger partial charge in [0, 0.05) is 5.69 Å². The third kappa shape index (κ3) is 4.14. The number of nitrogens with one attached hydrogen (secondary N) is 2. The molecule has 6 heteroatoms. The molecule has 0 bridgehead atoms. The van der Waals surface area contributed by atoms with Gasteiger partial charge in [-0.15, -0.1) is 11.8 Å². The maximum atomic E-state index is 12.2. The Morgan fingerprint density at radius 2 is 1.96 bits per heavy atom. The summed E-state index contributed by atoms with van der Waals surface area (Å²) in [6.45, 7) is 5.99. The highest BCUT2D eigenvalue weighted by Gasteiger charge is 2.13. The number of carbonyl (C=O) groups excluding carboxylic acids is 1. The molecule has 0 fully saturated rings. The Kier molecular flexibility index (Phi) is 5.42. The first-order valence-corrected chi connectivity index (χ1v) is 9.46. The van der Waals surface area contributed by atoms with Crippen LogP contribution in [0.1, 0.15) is 29.1 Å². The Bertz CT molecular complexity index is 1010. The first-order chi connectivity index (χ1) is 12.4. The van der Waals surface area contributed by atoms with E-state index in [1.54, 1.807) is 6.07 Å². The maximum Gasteiger partial charge on any atom is 0.258 e. The van der Waals surface area contributed by atoms with Crippen LogP contribution in [-0.4, -0.2) is 21.6 Å². The van der Waals surface area contributed by atoms with Crippen molar-refractivity contribution >= 4 is 34.3 Å². The third-order valence-corrected chi connectivity index (χ3v) is 5.42. The molecule has 1 unspecified atom stereocenters. The van der Waals surface area contributed by atoms with Crippen LogP contribution in [0.3, 0.4) is 0 Å². The Balaban J connectivity index is 1.64. The van der Waals surface area contributed by atoms with Crippen LogP contribution >= 0.6 is 11.8 Å². The molecule has 0 saturated carbocycles. The maximum absolute atomic E-state index is 12.2. The van der Waals surface area contributed by atoms with Gasteiger partial charge in [0.05, 0.1) is 21.9 Å². The molecule has 3 aromatic rings. The number of H-pyrrole nitrogens is 1. The van der Waals surface area contributed by atoms with Crippen LogP contribution in [0.25, 0.3) is 10.9 Å². The molecule has 0 radical (unpaired) electrons. The number of anilines is 1. The first kappa shape index (κ1) is 18.2. The van der Waals surface area contributed by atoms with Gasteiger partial charge in [0.15, 0.2) is 0 Å². The van der Waals surface area contributed by atoms with Crippen molar-refractivity contribution in [2.45, 2.75) is 26.0 Å². The molecule has 0 aliphatic heterocycles. The van der Waals surface area contributed by atoms with Crippen LogP contribution in [0.2, 0.25) is 0 Å². The highest BCUT2D eigenvalue weighted by molar-refractivity contribution is 8.00. The number of para-hydroxylation sites is 1. The van der Waals surface area contributed by atoms with Gasteiger partial charge in [-0.25, -0.2) is 4.98 Å². The molecule has 1 atom stereocenters. The van der Waals surface area contributed by atoms with E-state index in [9.17, 15) is 9.59 Å². The standard InChI is InChI=1S/C20H21N3O2S/c1-12-8-9-15(10-13(12)2)21-18(24)11-26-14(3)19-22-17-7-5-4-6-16(17)20(25)23-19/h4-10,14H,11H2,1-3H3,(H,21,24)(H,22,23,25). The average Bonchev–Trinajstić information content (AvgIpc) is 2.63. The lowest BCUT2D eigenvalue weighted by molar-refractivity contribution is -0.113. The fourth-order valence-electron chi connectivity index (χ4n) is 2.59. The summed E-state index contributed by atoms with van der Waals surface area (Å²) in [4.78, 5) is 31.7. The highest BCUT2D eigenvalue weighted by atomic mass is 32.2. The molecule has 134 valence electrons. The molecule has 5 nitrogen and oxygen atoms in total. The number of benzene rings is 2. The van der Waals surface area contributed by atoms with Gasteiger partial charge in [-0.2, -0.15) is 0 Å². The van der Waals surface area contributed by atoms with Crippen molar-refractivity contribution in [1.29, 1.82) is 0 Å². The van der Waals surface area contributed by atoms with Crippen molar-refractivity contribution in [3.8, 4) is 0 Å². The minimum atomic E-state index is -0.155. The molecule has 2 N–H and O–H groups in total. The van der Waals surface area contributed by atoms with Crippen molar-refractivity contribution in [3.05, 3.63) is 69.8 Å². The zero-order valence-corrected chi connectivity index (χ0v) is 15.8. The lowest BCUT2D eigenvalue weighted by Gasteiger charge is -2.12. The van der Waals surface area contributed by atoms with E-state index in [0.29, 0.717) is 16.7 Å². The number of carbonyl (C=O) groups is 1. The van der Waals surface area contributed by atoms with E-state index in [2.05, 4.69) is 15.3 Å². The van der Waals surface area contributed by atoms with Gasteiger partial charge in [0.25, 0.3) is 5.56 Å². The van der Waals surface area contributed by atoms with E-state index in [-0.39, 0.29) is 22.5 Å². The number of fused-ring (bicyclic) bond motifs is 1. The molecule has 3 rings (SSSR count). The van der Waals surface area contributed by atoms with Crippen LogP contribution in [0.5, 0.6) is 0 Å². The van der Waals surface area contributed by atoms with Gasteiger partial charge in [-0.3, -0.25) is 9.59 Å². The number of aromatic amines is 1. The lowest BCUT2D eigenvalue weighted by Crippen LogP contribution is -2.16. The number of aryl methyl sites for hydroxylation is 2. The number of hydrogen-bond donors (Lipinski definition) is 2. The highest BCUT2D eigenvalue weighted by Crippen LogP contribution is 2.26. The zero-order chi connectivity index (χ0) is 18.7. The smallest absolute Gasteiger partial charge is 0.258 e. The number of thioether (sulfide) groups is 1. The second-order valence-corrected chi connectivity index (χ2v) is 7.60. The van der Waals surface area contributed by atoms with Crippen molar-refractivity contribution < 1.29 is 4.79 Å². The SMILES string of the molecule is Cc1ccc(NC(=O)CSC(C)c2nc3ccccc3c(=O)[nH]2)cc1C. The Labute approximate surface area is 156 Å². The van der Waals surface area contributed by atoms with Gasteiger partial charge in [0.2, 0.25) is 5.91 Å².